The number of halogens is 1. The summed E-state index contributed by atoms with van der Waals surface area (Å²) in [4.78, 5) is 27.7. The SMILES string of the molecule is CN(CCCNC(=O)c1nn(-c2ccccc2)c(=O)c2ccccc12)c1ccccc1F. The molecule has 1 N–H and O–H groups in total. The molecule has 0 spiro atoms. The molecule has 0 aliphatic heterocycles. The van der Waals surface area contributed by atoms with E-state index in [-0.39, 0.29) is 23.0 Å². The maximum atomic E-state index is 13.9. The summed E-state index contributed by atoms with van der Waals surface area (Å²) in [5.74, 6) is -0.641. The van der Waals surface area contributed by atoms with Crippen molar-refractivity contribution in [2.75, 3.05) is 25.0 Å². The van der Waals surface area contributed by atoms with Gasteiger partial charge in [-0.2, -0.15) is 9.78 Å². The van der Waals surface area contributed by atoms with E-state index in [0.29, 0.717) is 41.7 Å². The van der Waals surface area contributed by atoms with Crippen LogP contribution in [0.5, 0.6) is 0 Å². The number of carbonyl (C=O) groups excluding carboxylic acids is 1. The molecule has 0 atom stereocenters. The lowest BCUT2D eigenvalue weighted by Crippen LogP contribution is -2.32. The Kier molecular flexibility index (Phi) is 6.26. The number of anilines is 1. The van der Waals surface area contributed by atoms with E-state index in [4.69, 9.17) is 0 Å². The average molecular weight is 430 g/mol. The lowest BCUT2D eigenvalue weighted by atomic mass is 10.1. The van der Waals surface area contributed by atoms with Gasteiger partial charge in [-0.3, -0.25) is 9.59 Å². The minimum atomic E-state index is -0.362. The summed E-state index contributed by atoms with van der Waals surface area (Å²) in [7, 11) is 1.81. The zero-order chi connectivity index (χ0) is 22.5. The van der Waals surface area contributed by atoms with Crippen LogP contribution in [-0.4, -0.2) is 35.8 Å². The summed E-state index contributed by atoms with van der Waals surface area (Å²) in [6.45, 7) is 0.955. The number of benzene rings is 3. The predicted octanol–water partition coefficient (Wildman–Crippen LogP) is 3.78. The third kappa shape index (κ3) is 4.37. The van der Waals surface area contributed by atoms with Crippen molar-refractivity contribution < 1.29 is 9.18 Å². The Morgan fingerprint density at radius 3 is 2.38 bits per heavy atom. The Labute approximate surface area is 184 Å². The molecule has 1 amide bonds. The van der Waals surface area contributed by atoms with E-state index in [1.54, 1.807) is 54.6 Å². The Bertz CT molecular complexity index is 1300. The van der Waals surface area contributed by atoms with Gasteiger partial charge in [0.2, 0.25) is 0 Å². The van der Waals surface area contributed by atoms with E-state index in [2.05, 4.69) is 10.4 Å². The number of para-hydroxylation sites is 2. The molecular weight excluding hydrogens is 407 g/mol. The van der Waals surface area contributed by atoms with Crippen LogP contribution in [0.2, 0.25) is 0 Å². The zero-order valence-electron chi connectivity index (χ0n) is 17.7. The van der Waals surface area contributed by atoms with Gasteiger partial charge in [0.05, 0.1) is 16.8 Å². The molecule has 1 aromatic heterocycles. The van der Waals surface area contributed by atoms with Crippen LogP contribution in [0.4, 0.5) is 10.1 Å². The van der Waals surface area contributed by atoms with Crippen LogP contribution in [0.3, 0.4) is 0 Å². The monoisotopic (exact) mass is 430 g/mol. The fourth-order valence-electron chi connectivity index (χ4n) is 3.59. The van der Waals surface area contributed by atoms with Crippen LogP contribution in [-0.2, 0) is 0 Å². The molecule has 7 heteroatoms. The first-order valence-corrected chi connectivity index (χ1v) is 10.4. The number of aromatic nitrogens is 2. The first-order chi connectivity index (χ1) is 15.6. The predicted molar refractivity (Wildman–Crippen MR) is 124 cm³/mol. The molecule has 32 heavy (non-hydrogen) atoms. The minimum Gasteiger partial charge on any atom is -0.372 e. The van der Waals surface area contributed by atoms with Crippen molar-refractivity contribution in [2.24, 2.45) is 0 Å². The van der Waals surface area contributed by atoms with Crippen molar-refractivity contribution in [1.82, 2.24) is 15.1 Å². The van der Waals surface area contributed by atoms with Gasteiger partial charge in [0.15, 0.2) is 5.69 Å². The van der Waals surface area contributed by atoms with Crippen molar-refractivity contribution in [3.63, 3.8) is 0 Å². The number of rotatable bonds is 7. The molecule has 0 saturated carbocycles. The number of nitrogens with zero attached hydrogens (tertiary/aromatic N) is 3. The van der Waals surface area contributed by atoms with Crippen LogP contribution < -0.4 is 15.8 Å². The van der Waals surface area contributed by atoms with Gasteiger partial charge in [0, 0.05) is 25.5 Å². The summed E-state index contributed by atoms with van der Waals surface area (Å²) in [6.07, 6.45) is 0.618. The summed E-state index contributed by atoms with van der Waals surface area (Å²) in [6, 6.07) is 22.5. The van der Waals surface area contributed by atoms with Crippen molar-refractivity contribution in [2.45, 2.75) is 6.42 Å². The molecule has 0 saturated heterocycles. The molecule has 162 valence electrons. The van der Waals surface area contributed by atoms with E-state index in [0.717, 1.165) is 0 Å². The highest BCUT2D eigenvalue weighted by Crippen LogP contribution is 2.17. The van der Waals surface area contributed by atoms with Crippen LogP contribution in [0.15, 0.2) is 83.7 Å². The lowest BCUT2D eigenvalue weighted by molar-refractivity contribution is 0.0948. The van der Waals surface area contributed by atoms with E-state index < -0.39 is 0 Å². The Morgan fingerprint density at radius 2 is 1.62 bits per heavy atom. The minimum absolute atomic E-state index is 0.187. The smallest absolute Gasteiger partial charge is 0.279 e. The number of nitrogens with one attached hydrogen (secondary N) is 1. The number of carbonyl (C=O) groups is 1. The van der Waals surface area contributed by atoms with Crippen LogP contribution in [0.25, 0.3) is 16.5 Å². The molecule has 0 radical (unpaired) electrons. The van der Waals surface area contributed by atoms with Gasteiger partial charge >= 0.3 is 0 Å². The molecule has 4 aromatic rings. The molecule has 1 heterocycles. The van der Waals surface area contributed by atoms with E-state index in [1.807, 2.05) is 30.1 Å². The van der Waals surface area contributed by atoms with Crippen molar-refractivity contribution in [3.8, 4) is 5.69 Å². The molecule has 0 aliphatic rings. The third-order valence-corrected chi connectivity index (χ3v) is 5.24. The highest BCUT2D eigenvalue weighted by atomic mass is 19.1. The van der Waals surface area contributed by atoms with Gasteiger partial charge in [-0.15, -0.1) is 0 Å². The maximum Gasteiger partial charge on any atom is 0.279 e. The molecule has 0 bridgehead atoms. The van der Waals surface area contributed by atoms with E-state index in [1.165, 1.54) is 10.7 Å². The normalized spacial score (nSPS) is 10.8. The lowest BCUT2D eigenvalue weighted by Gasteiger charge is -2.19. The van der Waals surface area contributed by atoms with Gasteiger partial charge in [0.25, 0.3) is 11.5 Å². The van der Waals surface area contributed by atoms with Crippen molar-refractivity contribution >= 4 is 22.4 Å². The molecule has 0 unspecified atom stereocenters. The second kappa shape index (κ2) is 9.43. The first kappa shape index (κ1) is 21.2. The third-order valence-electron chi connectivity index (χ3n) is 5.24. The molecule has 0 aliphatic carbocycles. The molecule has 6 nitrogen and oxygen atoms in total. The van der Waals surface area contributed by atoms with Crippen LogP contribution in [0, 0.1) is 5.82 Å². The number of amides is 1. The average Bonchev–Trinajstić information content (AvgIpc) is 2.83. The van der Waals surface area contributed by atoms with Crippen molar-refractivity contribution in [1.29, 1.82) is 0 Å². The first-order valence-electron chi connectivity index (χ1n) is 10.4. The van der Waals surface area contributed by atoms with Crippen molar-refractivity contribution in [3.05, 3.63) is 101 Å². The van der Waals surface area contributed by atoms with Gasteiger partial charge in [0.1, 0.15) is 5.82 Å². The van der Waals surface area contributed by atoms with Gasteiger partial charge in [-0.1, -0.05) is 48.5 Å². The summed E-state index contributed by atoms with van der Waals surface area (Å²) < 4.78 is 15.2. The maximum absolute atomic E-state index is 13.9. The fourth-order valence-corrected chi connectivity index (χ4v) is 3.59. The fraction of sp³-hybridized carbons (Fsp3) is 0.160. The highest BCUT2D eigenvalue weighted by Gasteiger charge is 2.17. The quantitative estimate of drug-likeness (QED) is 0.453. The van der Waals surface area contributed by atoms with Gasteiger partial charge in [-0.25, -0.2) is 4.39 Å². The Hall–Kier alpha value is -4.00. The van der Waals surface area contributed by atoms with E-state index in [9.17, 15) is 14.0 Å². The largest absolute Gasteiger partial charge is 0.372 e. The van der Waals surface area contributed by atoms with Crippen LogP contribution >= 0.6 is 0 Å². The molecular formula is C25H23FN4O2. The molecule has 4 rings (SSSR count). The summed E-state index contributed by atoms with van der Waals surface area (Å²) >= 11 is 0. The van der Waals surface area contributed by atoms with Gasteiger partial charge in [-0.05, 0) is 36.8 Å². The standard InChI is InChI=1S/C25H23FN4O2/c1-29(22-15-8-7-14-21(22)26)17-9-16-27-24(31)23-19-12-5-6-13-20(19)25(32)30(28-23)18-10-3-2-4-11-18/h2-8,10-15H,9,16-17H2,1H3,(H,27,31). The van der Waals surface area contributed by atoms with Crippen LogP contribution in [0.1, 0.15) is 16.9 Å². The zero-order valence-corrected chi connectivity index (χ0v) is 17.7. The van der Waals surface area contributed by atoms with Gasteiger partial charge < -0.3 is 10.2 Å². The summed E-state index contributed by atoms with van der Waals surface area (Å²) in [5.41, 5.74) is 1.01. The number of hydrogen-bond donors (Lipinski definition) is 1. The van der Waals surface area contributed by atoms with E-state index >= 15 is 0 Å². The number of hydrogen-bond acceptors (Lipinski definition) is 4. The number of fused-ring (bicyclic) bond motifs is 1. The highest BCUT2D eigenvalue weighted by molar-refractivity contribution is 6.04. The second-order valence-corrected chi connectivity index (χ2v) is 7.43. The Morgan fingerprint density at radius 1 is 0.969 bits per heavy atom. The second-order valence-electron chi connectivity index (χ2n) is 7.43. The topological polar surface area (TPSA) is 67.2 Å². The Balaban J connectivity index is 1.52. The summed E-state index contributed by atoms with van der Waals surface area (Å²) in [5, 5.41) is 8.18. The molecule has 0 fully saturated rings. The molecule has 3 aromatic carbocycles.